The minimum Gasteiger partial charge on any atom is -0.346 e. The zero-order chi connectivity index (χ0) is 13.5. The van der Waals surface area contributed by atoms with Crippen molar-refractivity contribution >= 4 is 28.5 Å². The molecule has 0 bridgehead atoms. The molecule has 2 nitrogen and oxygen atoms in total. The van der Waals surface area contributed by atoms with Crippen LogP contribution in [-0.4, -0.2) is 6.34 Å². The van der Waals surface area contributed by atoms with E-state index in [4.69, 9.17) is 0 Å². The molecule has 0 aliphatic carbocycles. The molecule has 1 aliphatic rings. The number of anilines is 1. The van der Waals surface area contributed by atoms with Gasteiger partial charge in [0.05, 0.1) is 12.0 Å². The summed E-state index contributed by atoms with van der Waals surface area (Å²) in [4.78, 5) is 4.61. The topological polar surface area (TPSA) is 24.4 Å². The van der Waals surface area contributed by atoms with E-state index in [0.717, 1.165) is 11.4 Å². The van der Waals surface area contributed by atoms with E-state index in [1.54, 1.807) is 6.34 Å². The normalized spacial score (nSPS) is 12.4. The maximum atomic E-state index is 4.61. The molecule has 0 atom stereocenters. The van der Waals surface area contributed by atoms with Crippen LogP contribution in [0.25, 0.3) is 21.9 Å². The summed E-state index contributed by atoms with van der Waals surface area (Å²) in [5.74, 6) is 0. The molecule has 1 N–H and O–H groups in total. The van der Waals surface area contributed by atoms with Crippen LogP contribution in [-0.2, 0) is 0 Å². The van der Waals surface area contributed by atoms with Crippen molar-refractivity contribution in [1.82, 2.24) is 0 Å². The van der Waals surface area contributed by atoms with Gasteiger partial charge in [-0.2, -0.15) is 0 Å². The second-order valence-electron chi connectivity index (χ2n) is 5.09. The smallest absolute Gasteiger partial charge is 0.0931 e. The molecule has 0 unspecified atom stereocenters. The van der Waals surface area contributed by atoms with Gasteiger partial charge in [0.1, 0.15) is 0 Å². The number of benzene rings is 3. The first-order valence-electron chi connectivity index (χ1n) is 6.75. The summed E-state index contributed by atoms with van der Waals surface area (Å²) in [7, 11) is 0. The van der Waals surface area contributed by atoms with Crippen LogP contribution >= 0.6 is 0 Å². The van der Waals surface area contributed by atoms with Gasteiger partial charge in [0.2, 0.25) is 0 Å². The lowest BCUT2D eigenvalue weighted by atomic mass is 9.93. The van der Waals surface area contributed by atoms with Crippen molar-refractivity contribution < 1.29 is 0 Å². The highest BCUT2D eigenvalue weighted by molar-refractivity contribution is 6.13. The molecule has 0 saturated heterocycles. The molecule has 0 amide bonds. The van der Waals surface area contributed by atoms with Crippen molar-refractivity contribution in [2.75, 3.05) is 5.32 Å². The Bertz CT molecular complexity index is 833. The Kier molecular flexibility index (Phi) is 2.36. The summed E-state index contributed by atoms with van der Waals surface area (Å²) in [5.41, 5.74) is 5.90. The molecule has 4 rings (SSSR count). The number of hydrogen-bond donors (Lipinski definition) is 1. The van der Waals surface area contributed by atoms with E-state index < -0.39 is 0 Å². The Morgan fingerprint density at radius 1 is 0.950 bits per heavy atom. The first kappa shape index (κ1) is 11.2. The van der Waals surface area contributed by atoms with Crippen LogP contribution < -0.4 is 5.32 Å². The maximum Gasteiger partial charge on any atom is 0.0931 e. The van der Waals surface area contributed by atoms with E-state index in [1.165, 1.54) is 27.5 Å². The highest BCUT2D eigenvalue weighted by Crippen LogP contribution is 2.43. The molecular weight excluding hydrogens is 244 g/mol. The predicted octanol–water partition coefficient (Wildman–Crippen LogP) is 4.90. The van der Waals surface area contributed by atoms with E-state index in [9.17, 15) is 0 Å². The van der Waals surface area contributed by atoms with E-state index in [1.807, 2.05) is 6.07 Å². The number of nitrogens with zero attached hydrogens (tertiary/aromatic N) is 1. The zero-order valence-electron chi connectivity index (χ0n) is 11.2. The first-order chi connectivity index (χ1) is 9.84. The fourth-order valence-corrected chi connectivity index (χ4v) is 2.96. The predicted molar refractivity (Wildman–Crippen MR) is 85.9 cm³/mol. The average molecular weight is 258 g/mol. The third kappa shape index (κ3) is 1.55. The summed E-state index contributed by atoms with van der Waals surface area (Å²) >= 11 is 0. The van der Waals surface area contributed by atoms with Gasteiger partial charge in [0, 0.05) is 16.6 Å². The van der Waals surface area contributed by atoms with Gasteiger partial charge in [0.15, 0.2) is 0 Å². The Hall–Kier alpha value is -2.61. The SMILES string of the molecule is Cc1cc2cccc3c2c(c1-c1ccccc1)N=CN3. The fourth-order valence-electron chi connectivity index (χ4n) is 2.96. The number of rotatable bonds is 1. The molecule has 20 heavy (non-hydrogen) atoms. The molecule has 1 heterocycles. The average Bonchev–Trinajstić information content (AvgIpc) is 2.49. The Balaban J connectivity index is 2.15. The summed E-state index contributed by atoms with van der Waals surface area (Å²) < 4.78 is 0. The van der Waals surface area contributed by atoms with Crippen LogP contribution in [0, 0.1) is 6.92 Å². The molecule has 0 spiro atoms. The maximum absolute atomic E-state index is 4.61. The van der Waals surface area contributed by atoms with Crippen molar-refractivity contribution in [2.24, 2.45) is 4.99 Å². The standard InChI is InChI=1S/C18H14N2/c1-12-10-14-8-5-9-15-17(14)18(20-11-19-15)16(12)13-6-3-2-4-7-13/h2-11H,1H3,(H,19,20). The van der Waals surface area contributed by atoms with Crippen LogP contribution in [0.15, 0.2) is 59.6 Å². The third-order valence-corrected chi connectivity index (χ3v) is 3.81. The number of aryl methyl sites for hydroxylation is 1. The van der Waals surface area contributed by atoms with Gasteiger partial charge >= 0.3 is 0 Å². The van der Waals surface area contributed by atoms with E-state index >= 15 is 0 Å². The van der Waals surface area contributed by atoms with Crippen LogP contribution in [0.2, 0.25) is 0 Å². The summed E-state index contributed by atoms with van der Waals surface area (Å²) in [6.45, 7) is 2.16. The molecule has 3 aromatic rings. The van der Waals surface area contributed by atoms with Gasteiger partial charge in [-0.15, -0.1) is 0 Å². The van der Waals surface area contributed by atoms with Crippen LogP contribution in [0.3, 0.4) is 0 Å². The molecule has 1 aliphatic heterocycles. The van der Waals surface area contributed by atoms with Crippen molar-refractivity contribution in [1.29, 1.82) is 0 Å². The quantitative estimate of drug-likeness (QED) is 0.659. The van der Waals surface area contributed by atoms with Crippen LogP contribution in [0.1, 0.15) is 5.56 Å². The largest absolute Gasteiger partial charge is 0.346 e. The molecule has 0 saturated carbocycles. The molecule has 3 aromatic carbocycles. The van der Waals surface area contributed by atoms with Crippen molar-refractivity contribution in [3.63, 3.8) is 0 Å². The lowest BCUT2D eigenvalue weighted by Crippen LogP contribution is -2.01. The van der Waals surface area contributed by atoms with Gasteiger partial charge in [0.25, 0.3) is 0 Å². The van der Waals surface area contributed by atoms with Crippen molar-refractivity contribution in [3.05, 3.63) is 60.2 Å². The molecule has 96 valence electrons. The molecule has 2 heteroatoms. The summed E-state index contributed by atoms with van der Waals surface area (Å²) in [5, 5.41) is 5.68. The Labute approximate surface area is 117 Å². The van der Waals surface area contributed by atoms with Gasteiger partial charge < -0.3 is 5.32 Å². The molecule has 0 fully saturated rings. The highest BCUT2D eigenvalue weighted by Gasteiger charge is 2.16. The first-order valence-corrected chi connectivity index (χ1v) is 6.75. The lowest BCUT2D eigenvalue weighted by molar-refractivity contribution is 1.44. The molecular formula is C18H14N2. The van der Waals surface area contributed by atoms with Crippen molar-refractivity contribution in [3.8, 4) is 11.1 Å². The monoisotopic (exact) mass is 258 g/mol. The number of nitrogens with one attached hydrogen (secondary N) is 1. The summed E-state index contributed by atoms with van der Waals surface area (Å²) in [6, 6.07) is 19.0. The Morgan fingerprint density at radius 3 is 2.65 bits per heavy atom. The minimum absolute atomic E-state index is 1.07. The highest BCUT2D eigenvalue weighted by atomic mass is 15.0. The number of aliphatic imine (C=N–C) groups is 1. The lowest BCUT2D eigenvalue weighted by Gasteiger charge is -2.18. The minimum atomic E-state index is 1.07. The Morgan fingerprint density at radius 2 is 1.80 bits per heavy atom. The number of hydrogen-bond acceptors (Lipinski definition) is 2. The summed E-state index contributed by atoms with van der Waals surface area (Å²) in [6.07, 6.45) is 1.78. The van der Waals surface area contributed by atoms with Crippen LogP contribution in [0.5, 0.6) is 0 Å². The van der Waals surface area contributed by atoms with Crippen LogP contribution in [0.4, 0.5) is 11.4 Å². The van der Waals surface area contributed by atoms with E-state index in [0.29, 0.717) is 0 Å². The molecule has 0 aromatic heterocycles. The second-order valence-corrected chi connectivity index (χ2v) is 5.09. The van der Waals surface area contributed by atoms with Gasteiger partial charge in [-0.25, -0.2) is 4.99 Å². The van der Waals surface area contributed by atoms with Gasteiger partial charge in [-0.3, -0.25) is 0 Å². The second kappa shape index (κ2) is 4.20. The van der Waals surface area contributed by atoms with Gasteiger partial charge in [-0.05, 0) is 29.5 Å². The zero-order valence-corrected chi connectivity index (χ0v) is 11.2. The van der Waals surface area contributed by atoms with Gasteiger partial charge in [-0.1, -0.05) is 48.5 Å². The molecule has 0 radical (unpaired) electrons. The van der Waals surface area contributed by atoms with E-state index in [-0.39, 0.29) is 0 Å². The third-order valence-electron chi connectivity index (χ3n) is 3.81. The fraction of sp³-hybridized carbons (Fsp3) is 0.0556. The van der Waals surface area contributed by atoms with E-state index in [2.05, 4.69) is 65.8 Å². The van der Waals surface area contributed by atoms with Crippen molar-refractivity contribution in [2.45, 2.75) is 6.92 Å².